The Bertz CT molecular complexity index is 371. The number of ether oxygens (including phenoxy) is 1. The van der Waals surface area contributed by atoms with Gasteiger partial charge in [-0.25, -0.2) is 4.39 Å². The van der Waals surface area contributed by atoms with Gasteiger partial charge in [-0.05, 0) is 19.2 Å². The molecule has 1 aromatic carbocycles. The van der Waals surface area contributed by atoms with E-state index in [1.165, 1.54) is 17.0 Å². The van der Waals surface area contributed by atoms with E-state index in [0.717, 1.165) is 0 Å². The summed E-state index contributed by atoms with van der Waals surface area (Å²) < 4.78 is 18.3. The van der Waals surface area contributed by atoms with Crippen molar-refractivity contribution >= 4 is 5.91 Å². The van der Waals surface area contributed by atoms with Gasteiger partial charge in [0.2, 0.25) is 0 Å². The highest BCUT2D eigenvalue weighted by Crippen LogP contribution is 2.15. The summed E-state index contributed by atoms with van der Waals surface area (Å²) in [4.78, 5) is 13.1. The molecule has 0 bridgehead atoms. The van der Waals surface area contributed by atoms with Crippen LogP contribution in [0.1, 0.15) is 0 Å². The number of carbonyl (C=O) groups excluding carboxylic acids is 1. The largest absolute Gasteiger partial charge is 0.481 e. The summed E-state index contributed by atoms with van der Waals surface area (Å²) in [6.45, 7) is 1.15. The summed E-state index contributed by atoms with van der Waals surface area (Å²) in [5.74, 6) is -0.537. The van der Waals surface area contributed by atoms with Gasteiger partial charge in [0.25, 0.3) is 5.91 Å². The maximum Gasteiger partial charge on any atom is 0.260 e. The first-order chi connectivity index (χ1) is 8.15. The molecule has 0 unspecified atom stereocenters. The Morgan fingerprint density at radius 1 is 1.47 bits per heavy atom. The van der Waals surface area contributed by atoms with E-state index in [2.05, 4.69) is 5.32 Å². The van der Waals surface area contributed by atoms with Crippen LogP contribution in [0.4, 0.5) is 4.39 Å². The molecule has 1 rings (SSSR count). The molecule has 94 valence electrons. The third kappa shape index (κ3) is 4.40. The number of carbonyl (C=O) groups is 1. The zero-order valence-electron chi connectivity index (χ0n) is 10.1. The summed E-state index contributed by atoms with van der Waals surface area (Å²) in [6.07, 6.45) is 0. The highest BCUT2D eigenvalue weighted by Gasteiger charge is 2.10. The van der Waals surface area contributed by atoms with Crippen molar-refractivity contribution in [3.63, 3.8) is 0 Å². The molecule has 0 saturated heterocycles. The van der Waals surface area contributed by atoms with Crippen LogP contribution in [0.15, 0.2) is 24.3 Å². The van der Waals surface area contributed by atoms with Crippen molar-refractivity contribution in [1.29, 1.82) is 0 Å². The van der Waals surface area contributed by atoms with Gasteiger partial charge in [-0.15, -0.1) is 0 Å². The van der Waals surface area contributed by atoms with Gasteiger partial charge in [0.1, 0.15) is 0 Å². The molecule has 1 N–H and O–H groups in total. The molecule has 0 aromatic heterocycles. The number of rotatable bonds is 6. The Balaban J connectivity index is 2.40. The van der Waals surface area contributed by atoms with Crippen molar-refractivity contribution in [2.24, 2.45) is 0 Å². The van der Waals surface area contributed by atoms with Crippen LogP contribution in [0.2, 0.25) is 0 Å². The lowest BCUT2D eigenvalue weighted by Crippen LogP contribution is -2.35. The van der Waals surface area contributed by atoms with Crippen molar-refractivity contribution in [3.8, 4) is 5.75 Å². The SMILES string of the molecule is CNCCN(C)C(=O)COc1ccccc1F. The average molecular weight is 240 g/mol. The minimum absolute atomic E-state index is 0.0999. The number of hydrogen-bond acceptors (Lipinski definition) is 3. The summed E-state index contributed by atoms with van der Waals surface area (Å²) >= 11 is 0. The Morgan fingerprint density at radius 2 is 2.18 bits per heavy atom. The number of amides is 1. The van der Waals surface area contributed by atoms with Crippen LogP contribution in [0, 0.1) is 5.82 Å². The zero-order chi connectivity index (χ0) is 12.7. The van der Waals surface area contributed by atoms with Gasteiger partial charge in [0, 0.05) is 20.1 Å². The fourth-order valence-electron chi connectivity index (χ4n) is 1.22. The van der Waals surface area contributed by atoms with Gasteiger partial charge >= 0.3 is 0 Å². The standard InChI is InChI=1S/C12H17FN2O2/c1-14-7-8-15(2)12(16)9-17-11-6-4-3-5-10(11)13/h3-6,14H,7-9H2,1-2H3. The molecule has 0 aliphatic rings. The second-order valence-corrected chi connectivity index (χ2v) is 3.64. The normalized spacial score (nSPS) is 10.1. The van der Waals surface area contributed by atoms with Crippen molar-refractivity contribution in [3.05, 3.63) is 30.1 Å². The number of hydrogen-bond donors (Lipinski definition) is 1. The van der Waals surface area contributed by atoms with Crippen molar-refractivity contribution in [2.45, 2.75) is 0 Å². The third-order valence-corrected chi connectivity index (χ3v) is 2.31. The van der Waals surface area contributed by atoms with E-state index in [0.29, 0.717) is 13.1 Å². The van der Waals surface area contributed by atoms with E-state index in [1.54, 1.807) is 19.2 Å². The van der Waals surface area contributed by atoms with Crippen LogP contribution in [-0.4, -0.2) is 44.6 Å². The van der Waals surface area contributed by atoms with Crippen molar-refractivity contribution < 1.29 is 13.9 Å². The fourth-order valence-corrected chi connectivity index (χ4v) is 1.22. The molecular formula is C12H17FN2O2. The molecule has 17 heavy (non-hydrogen) atoms. The van der Waals surface area contributed by atoms with Gasteiger partial charge in [0.15, 0.2) is 18.2 Å². The first-order valence-corrected chi connectivity index (χ1v) is 5.41. The van der Waals surface area contributed by atoms with E-state index in [4.69, 9.17) is 4.74 Å². The lowest BCUT2D eigenvalue weighted by Gasteiger charge is -2.17. The first kappa shape index (κ1) is 13.4. The molecule has 0 fully saturated rings. The zero-order valence-corrected chi connectivity index (χ0v) is 10.1. The van der Waals surface area contributed by atoms with E-state index in [-0.39, 0.29) is 18.3 Å². The quantitative estimate of drug-likeness (QED) is 0.802. The third-order valence-electron chi connectivity index (χ3n) is 2.31. The van der Waals surface area contributed by atoms with Gasteiger partial charge < -0.3 is 15.0 Å². The number of halogens is 1. The minimum Gasteiger partial charge on any atom is -0.481 e. The first-order valence-electron chi connectivity index (χ1n) is 5.41. The highest BCUT2D eigenvalue weighted by molar-refractivity contribution is 5.77. The number of likely N-dealkylation sites (N-methyl/N-ethyl adjacent to an activating group) is 2. The predicted octanol–water partition coefficient (Wildman–Crippen LogP) is 0.882. The van der Waals surface area contributed by atoms with Crippen molar-refractivity contribution in [1.82, 2.24) is 10.2 Å². The lowest BCUT2D eigenvalue weighted by atomic mass is 10.3. The van der Waals surface area contributed by atoms with Crippen LogP contribution in [0.3, 0.4) is 0 Å². The number of nitrogens with one attached hydrogen (secondary N) is 1. The average Bonchev–Trinajstić information content (AvgIpc) is 2.34. The fraction of sp³-hybridized carbons (Fsp3) is 0.417. The summed E-state index contributed by atoms with van der Waals surface area (Å²) in [5.41, 5.74) is 0. The molecule has 0 atom stereocenters. The maximum atomic E-state index is 13.2. The molecule has 0 aliphatic heterocycles. The molecule has 0 radical (unpaired) electrons. The number of benzene rings is 1. The summed E-state index contributed by atoms with van der Waals surface area (Å²) in [7, 11) is 3.50. The molecule has 1 amide bonds. The summed E-state index contributed by atoms with van der Waals surface area (Å²) in [6, 6.07) is 6.03. The van der Waals surface area contributed by atoms with Crippen molar-refractivity contribution in [2.75, 3.05) is 33.8 Å². The van der Waals surface area contributed by atoms with Gasteiger partial charge in [-0.3, -0.25) is 4.79 Å². The molecule has 0 spiro atoms. The predicted molar refractivity (Wildman–Crippen MR) is 63.5 cm³/mol. The Labute approximate surface area is 100 Å². The van der Waals surface area contributed by atoms with Gasteiger partial charge in [-0.1, -0.05) is 12.1 Å². The Kier molecular flexibility index (Phi) is 5.42. The lowest BCUT2D eigenvalue weighted by molar-refractivity contribution is -0.132. The van der Waals surface area contributed by atoms with Crippen LogP contribution in [0.25, 0.3) is 0 Å². The van der Waals surface area contributed by atoms with E-state index in [1.807, 2.05) is 7.05 Å². The van der Waals surface area contributed by atoms with Crippen LogP contribution >= 0.6 is 0 Å². The molecular weight excluding hydrogens is 223 g/mol. The van der Waals surface area contributed by atoms with Crippen LogP contribution < -0.4 is 10.1 Å². The van der Waals surface area contributed by atoms with E-state index < -0.39 is 5.82 Å². The summed E-state index contributed by atoms with van der Waals surface area (Å²) in [5, 5.41) is 2.94. The number of nitrogens with zero attached hydrogens (tertiary/aromatic N) is 1. The molecule has 0 heterocycles. The molecule has 0 saturated carbocycles. The molecule has 4 nitrogen and oxygen atoms in total. The Morgan fingerprint density at radius 3 is 2.82 bits per heavy atom. The van der Waals surface area contributed by atoms with E-state index in [9.17, 15) is 9.18 Å². The number of para-hydroxylation sites is 1. The maximum absolute atomic E-state index is 13.2. The minimum atomic E-state index is -0.460. The van der Waals surface area contributed by atoms with E-state index >= 15 is 0 Å². The smallest absolute Gasteiger partial charge is 0.260 e. The second kappa shape index (κ2) is 6.85. The van der Waals surface area contributed by atoms with Crippen LogP contribution in [-0.2, 0) is 4.79 Å². The molecule has 5 heteroatoms. The van der Waals surface area contributed by atoms with Gasteiger partial charge in [0.05, 0.1) is 0 Å². The molecule has 0 aliphatic carbocycles. The van der Waals surface area contributed by atoms with Gasteiger partial charge in [-0.2, -0.15) is 0 Å². The topological polar surface area (TPSA) is 41.6 Å². The van der Waals surface area contributed by atoms with Crippen LogP contribution in [0.5, 0.6) is 5.75 Å². The highest BCUT2D eigenvalue weighted by atomic mass is 19.1. The second-order valence-electron chi connectivity index (χ2n) is 3.64. The Hall–Kier alpha value is -1.62. The molecule has 1 aromatic rings. The monoisotopic (exact) mass is 240 g/mol.